The van der Waals surface area contributed by atoms with Crippen LogP contribution >= 0.6 is 0 Å². The average molecular weight is 370 g/mol. The van der Waals surface area contributed by atoms with Gasteiger partial charge in [0.25, 0.3) is 0 Å². The molecule has 140 valence electrons. The van der Waals surface area contributed by atoms with Crippen LogP contribution in [0.3, 0.4) is 0 Å². The van der Waals surface area contributed by atoms with E-state index < -0.39 is 0 Å². The molecular formula is C24H22N2O2. The number of anilines is 1. The second-order valence-corrected chi connectivity index (χ2v) is 7.23. The molecule has 1 aliphatic carbocycles. The van der Waals surface area contributed by atoms with Crippen LogP contribution in [0.15, 0.2) is 79.1 Å². The Morgan fingerprint density at radius 3 is 2.36 bits per heavy atom. The van der Waals surface area contributed by atoms with Crippen molar-refractivity contribution in [3.05, 3.63) is 95.8 Å². The van der Waals surface area contributed by atoms with Crippen molar-refractivity contribution in [1.29, 1.82) is 0 Å². The summed E-state index contributed by atoms with van der Waals surface area (Å²) in [6.45, 7) is 0. The average Bonchev–Trinajstić information content (AvgIpc) is 3.59. The lowest BCUT2D eigenvalue weighted by atomic mass is 9.91. The zero-order valence-corrected chi connectivity index (χ0v) is 15.5. The highest BCUT2D eigenvalue weighted by Gasteiger charge is 2.30. The number of nitrogens with zero attached hydrogens (tertiary/aromatic N) is 1. The van der Waals surface area contributed by atoms with E-state index in [9.17, 15) is 9.59 Å². The van der Waals surface area contributed by atoms with Gasteiger partial charge in [-0.15, -0.1) is 0 Å². The Balaban J connectivity index is 1.51. The maximum atomic E-state index is 13.1. The Kier molecular flexibility index (Phi) is 5.29. The van der Waals surface area contributed by atoms with Crippen molar-refractivity contribution in [2.75, 3.05) is 5.32 Å². The number of hydrogen-bond acceptors (Lipinski definition) is 3. The number of aromatic nitrogens is 1. The number of carbonyl (C=O) groups excluding carboxylic acids is 2. The molecule has 1 heterocycles. The summed E-state index contributed by atoms with van der Waals surface area (Å²) in [5, 5.41) is 3.00. The summed E-state index contributed by atoms with van der Waals surface area (Å²) in [6, 6.07) is 20.8. The first kappa shape index (κ1) is 18.1. The third-order valence-electron chi connectivity index (χ3n) is 5.07. The molecule has 2 aromatic carbocycles. The van der Waals surface area contributed by atoms with Gasteiger partial charge >= 0.3 is 0 Å². The van der Waals surface area contributed by atoms with Crippen LogP contribution in [0.4, 0.5) is 5.69 Å². The number of carbonyl (C=O) groups is 2. The van der Waals surface area contributed by atoms with Gasteiger partial charge < -0.3 is 5.32 Å². The molecule has 4 heteroatoms. The van der Waals surface area contributed by atoms with E-state index in [0.29, 0.717) is 12.1 Å². The zero-order chi connectivity index (χ0) is 19.3. The summed E-state index contributed by atoms with van der Waals surface area (Å²) in [5.74, 6) is 0.00787. The molecule has 1 aromatic heterocycles. The van der Waals surface area contributed by atoms with Crippen molar-refractivity contribution >= 4 is 17.4 Å². The van der Waals surface area contributed by atoms with Crippen LogP contribution in [0.25, 0.3) is 0 Å². The standard InChI is InChI=1S/C24H22N2O2/c27-23(19-8-9-19)20-10-12-21(13-11-20)26-24(28)22(18-6-2-1-3-7-18)15-17-5-4-14-25-16-17/h1-7,10-14,16,19,22H,8-9,15H2,(H,26,28). The van der Waals surface area contributed by atoms with E-state index in [0.717, 1.165) is 29.5 Å². The van der Waals surface area contributed by atoms with E-state index >= 15 is 0 Å². The first-order valence-corrected chi connectivity index (χ1v) is 9.60. The third kappa shape index (κ3) is 4.34. The van der Waals surface area contributed by atoms with Crippen LogP contribution in [0.5, 0.6) is 0 Å². The van der Waals surface area contributed by atoms with Gasteiger partial charge in [-0.3, -0.25) is 14.6 Å². The number of ketones is 1. The molecule has 4 rings (SSSR count). The van der Waals surface area contributed by atoms with E-state index in [1.807, 2.05) is 42.5 Å². The maximum absolute atomic E-state index is 13.1. The lowest BCUT2D eigenvalue weighted by Gasteiger charge is -2.17. The minimum Gasteiger partial charge on any atom is -0.326 e. The van der Waals surface area contributed by atoms with Gasteiger partial charge in [0.05, 0.1) is 5.92 Å². The summed E-state index contributed by atoms with van der Waals surface area (Å²) in [7, 11) is 0. The van der Waals surface area contributed by atoms with Crippen molar-refractivity contribution in [2.24, 2.45) is 5.92 Å². The van der Waals surface area contributed by atoms with Crippen molar-refractivity contribution in [1.82, 2.24) is 4.98 Å². The minimum absolute atomic E-state index is 0.0728. The molecular weight excluding hydrogens is 348 g/mol. The Labute approximate surface area is 164 Å². The lowest BCUT2D eigenvalue weighted by molar-refractivity contribution is -0.117. The van der Waals surface area contributed by atoms with Gasteiger partial charge in [0.15, 0.2) is 5.78 Å². The van der Waals surface area contributed by atoms with Crippen LogP contribution in [0.2, 0.25) is 0 Å². The van der Waals surface area contributed by atoms with Gasteiger partial charge in [0.1, 0.15) is 0 Å². The van der Waals surface area contributed by atoms with Gasteiger partial charge in [-0.1, -0.05) is 36.4 Å². The normalized spacial score (nSPS) is 14.3. The molecule has 3 aromatic rings. The highest BCUT2D eigenvalue weighted by molar-refractivity contribution is 6.00. The fraction of sp³-hybridized carbons (Fsp3) is 0.208. The Morgan fingerprint density at radius 1 is 0.964 bits per heavy atom. The highest BCUT2D eigenvalue weighted by Crippen LogP contribution is 2.33. The van der Waals surface area contributed by atoms with Gasteiger partial charge in [-0.2, -0.15) is 0 Å². The topological polar surface area (TPSA) is 59.1 Å². The summed E-state index contributed by atoms with van der Waals surface area (Å²) in [6.07, 6.45) is 6.07. The first-order chi connectivity index (χ1) is 13.7. The number of hydrogen-bond donors (Lipinski definition) is 1. The molecule has 0 spiro atoms. The molecule has 0 aliphatic heterocycles. The smallest absolute Gasteiger partial charge is 0.232 e. The summed E-state index contributed by atoms with van der Waals surface area (Å²) in [5.41, 5.74) is 3.39. The Morgan fingerprint density at radius 2 is 1.71 bits per heavy atom. The van der Waals surface area contributed by atoms with Crippen LogP contribution in [-0.4, -0.2) is 16.7 Å². The summed E-state index contributed by atoms with van der Waals surface area (Å²) >= 11 is 0. The predicted octanol–water partition coefficient (Wildman–Crippen LogP) is 4.64. The predicted molar refractivity (Wildman–Crippen MR) is 109 cm³/mol. The fourth-order valence-electron chi connectivity index (χ4n) is 3.33. The summed E-state index contributed by atoms with van der Waals surface area (Å²) < 4.78 is 0. The van der Waals surface area contributed by atoms with Gasteiger partial charge in [0, 0.05) is 29.6 Å². The second-order valence-electron chi connectivity index (χ2n) is 7.23. The quantitative estimate of drug-likeness (QED) is 0.617. The molecule has 1 N–H and O–H groups in total. The number of amides is 1. The minimum atomic E-state index is -0.321. The first-order valence-electron chi connectivity index (χ1n) is 9.60. The molecule has 1 saturated carbocycles. The van der Waals surface area contributed by atoms with E-state index in [1.54, 1.807) is 36.7 Å². The van der Waals surface area contributed by atoms with Crippen LogP contribution in [0, 0.1) is 5.92 Å². The van der Waals surface area contributed by atoms with E-state index in [1.165, 1.54) is 0 Å². The van der Waals surface area contributed by atoms with Crippen LogP contribution in [-0.2, 0) is 11.2 Å². The van der Waals surface area contributed by atoms with Crippen LogP contribution in [0.1, 0.15) is 40.2 Å². The van der Waals surface area contributed by atoms with E-state index in [2.05, 4.69) is 10.3 Å². The number of pyridine rings is 1. The maximum Gasteiger partial charge on any atom is 0.232 e. The number of nitrogens with one attached hydrogen (secondary N) is 1. The number of benzene rings is 2. The van der Waals surface area contributed by atoms with Gasteiger partial charge in [0.2, 0.25) is 5.91 Å². The molecule has 1 unspecified atom stereocenters. The van der Waals surface area contributed by atoms with Crippen LogP contribution < -0.4 is 5.32 Å². The number of rotatable bonds is 7. The molecule has 0 radical (unpaired) electrons. The van der Waals surface area contributed by atoms with E-state index in [4.69, 9.17) is 0 Å². The molecule has 4 nitrogen and oxygen atoms in total. The largest absolute Gasteiger partial charge is 0.326 e. The summed E-state index contributed by atoms with van der Waals surface area (Å²) in [4.78, 5) is 29.4. The molecule has 1 amide bonds. The third-order valence-corrected chi connectivity index (χ3v) is 5.07. The molecule has 1 fully saturated rings. The van der Waals surface area contributed by atoms with Crippen molar-refractivity contribution < 1.29 is 9.59 Å². The molecule has 1 aliphatic rings. The van der Waals surface area contributed by atoms with Gasteiger partial charge in [-0.05, 0) is 60.7 Å². The Bertz CT molecular complexity index is 949. The van der Waals surface area contributed by atoms with Gasteiger partial charge in [-0.25, -0.2) is 0 Å². The molecule has 0 bridgehead atoms. The number of Topliss-reactive ketones (excluding diaryl/α,β-unsaturated/α-hetero) is 1. The molecule has 0 saturated heterocycles. The fourth-order valence-corrected chi connectivity index (χ4v) is 3.33. The van der Waals surface area contributed by atoms with Crippen molar-refractivity contribution in [2.45, 2.75) is 25.2 Å². The Hall–Kier alpha value is -3.27. The monoisotopic (exact) mass is 370 g/mol. The second kappa shape index (κ2) is 8.17. The SMILES string of the molecule is O=C(c1ccc(NC(=O)C(Cc2cccnc2)c2ccccc2)cc1)C1CC1. The van der Waals surface area contributed by atoms with Crippen molar-refractivity contribution in [3.8, 4) is 0 Å². The van der Waals surface area contributed by atoms with E-state index in [-0.39, 0.29) is 23.5 Å². The molecule has 28 heavy (non-hydrogen) atoms. The van der Waals surface area contributed by atoms with Crippen molar-refractivity contribution in [3.63, 3.8) is 0 Å². The lowest BCUT2D eigenvalue weighted by Crippen LogP contribution is -2.23. The zero-order valence-electron chi connectivity index (χ0n) is 15.5. The molecule has 1 atom stereocenters. The highest BCUT2D eigenvalue weighted by atomic mass is 16.2.